The van der Waals surface area contributed by atoms with Crippen molar-refractivity contribution in [1.29, 1.82) is 0 Å². The van der Waals surface area contributed by atoms with E-state index in [-0.39, 0.29) is 0 Å². The second-order valence-electron chi connectivity index (χ2n) is 5.37. The van der Waals surface area contributed by atoms with Crippen molar-refractivity contribution in [3.05, 3.63) is 70.8 Å². The van der Waals surface area contributed by atoms with Crippen molar-refractivity contribution in [1.82, 2.24) is 19.9 Å². The molecule has 0 bridgehead atoms. The summed E-state index contributed by atoms with van der Waals surface area (Å²) in [6.45, 7) is 2.11. The lowest BCUT2D eigenvalue weighted by molar-refractivity contribution is 0.699. The third-order valence-electron chi connectivity index (χ3n) is 3.42. The Labute approximate surface area is 156 Å². The van der Waals surface area contributed by atoms with Crippen LogP contribution in [0.3, 0.4) is 0 Å². The molecule has 128 valence electrons. The van der Waals surface area contributed by atoms with E-state index in [1.807, 2.05) is 42.5 Å². The molecule has 0 unspecified atom stereocenters. The van der Waals surface area contributed by atoms with Gasteiger partial charge in [-0.15, -0.1) is 10.2 Å². The Morgan fingerprint density at radius 1 is 1.16 bits per heavy atom. The van der Waals surface area contributed by atoms with Crippen LogP contribution in [-0.4, -0.2) is 26.1 Å². The number of rotatable bonds is 7. The Morgan fingerprint density at radius 3 is 2.72 bits per heavy atom. The zero-order valence-corrected chi connectivity index (χ0v) is 15.4. The molecule has 0 aliphatic heterocycles. The molecule has 0 atom stereocenters. The van der Waals surface area contributed by atoms with E-state index < -0.39 is 0 Å². The normalized spacial score (nSPS) is 11.3. The highest BCUT2D eigenvalue weighted by Gasteiger charge is 2.11. The summed E-state index contributed by atoms with van der Waals surface area (Å²) in [4.78, 5) is 4.26. The van der Waals surface area contributed by atoms with Crippen molar-refractivity contribution in [3.63, 3.8) is 0 Å². The molecule has 0 aliphatic rings. The third kappa shape index (κ3) is 4.90. The maximum atomic E-state index is 5.93. The van der Waals surface area contributed by atoms with Crippen LogP contribution in [0.2, 0.25) is 5.02 Å². The van der Waals surface area contributed by atoms with E-state index in [1.54, 1.807) is 28.8 Å². The summed E-state index contributed by atoms with van der Waals surface area (Å²) in [5.74, 6) is 1.63. The minimum Gasteiger partial charge on any atom is -0.255 e. The van der Waals surface area contributed by atoms with Gasteiger partial charge in [-0.1, -0.05) is 48.5 Å². The molecule has 25 heavy (non-hydrogen) atoms. The molecule has 0 amide bonds. The fourth-order valence-corrected chi connectivity index (χ4v) is 3.17. The van der Waals surface area contributed by atoms with E-state index >= 15 is 0 Å². The first-order valence-electron chi connectivity index (χ1n) is 8.03. The lowest BCUT2D eigenvalue weighted by Crippen LogP contribution is -2.00. The molecule has 0 aliphatic carbocycles. The van der Waals surface area contributed by atoms with Crippen LogP contribution in [0.1, 0.15) is 30.4 Å². The summed E-state index contributed by atoms with van der Waals surface area (Å²) in [6.07, 6.45) is 5.29. The summed E-state index contributed by atoms with van der Waals surface area (Å²) in [6, 6.07) is 13.5. The molecule has 1 aromatic carbocycles. The van der Waals surface area contributed by atoms with E-state index in [1.165, 1.54) is 5.56 Å². The van der Waals surface area contributed by atoms with Crippen LogP contribution in [-0.2, 0) is 12.2 Å². The molecule has 3 rings (SSSR count). The number of benzene rings is 1. The molecule has 7 heteroatoms. The molecule has 5 nitrogen and oxygen atoms in total. The average Bonchev–Trinajstić information content (AvgIpc) is 3.02. The van der Waals surface area contributed by atoms with Crippen LogP contribution in [0.4, 0.5) is 0 Å². The maximum Gasteiger partial charge on any atom is 0.212 e. The van der Waals surface area contributed by atoms with Gasteiger partial charge in [-0.2, -0.15) is 9.78 Å². The number of hydrogen-bond acceptors (Lipinski definition) is 5. The second kappa shape index (κ2) is 8.78. The van der Waals surface area contributed by atoms with Gasteiger partial charge in [0.05, 0.1) is 11.9 Å². The van der Waals surface area contributed by atoms with Crippen molar-refractivity contribution in [3.8, 4) is 0 Å². The molecule has 0 radical (unpaired) electrons. The molecule has 3 aromatic rings. The van der Waals surface area contributed by atoms with Gasteiger partial charge in [0.25, 0.3) is 0 Å². The summed E-state index contributed by atoms with van der Waals surface area (Å²) in [7, 11) is 0. The highest BCUT2D eigenvalue weighted by atomic mass is 35.5. The van der Waals surface area contributed by atoms with Crippen LogP contribution in [0.25, 0.3) is 0 Å². The van der Waals surface area contributed by atoms with Crippen LogP contribution < -0.4 is 0 Å². The number of pyridine rings is 1. The van der Waals surface area contributed by atoms with Gasteiger partial charge in [-0.25, -0.2) is 0 Å². The second-order valence-corrected chi connectivity index (χ2v) is 6.75. The largest absolute Gasteiger partial charge is 0.255 e. The Morgan fingerprint density at radius 2 is 2.00 bits per heavy atom. The molecule has 0 saturated heterocycles. The number of hydrogen-bond donors (Lipinski definition) is 0. The summed E-state index contributed by atoms with van der Waals surface area (Å²) in [5.41, 5.74) is 1.97. The van der Waals surface area contributed by atoms with Gasteiger partial charge in [0.2, 0.25) is 5.16 Å². The summed E-state index contributed by atoms with van der Waals surface area (Å²) >= 11 is 7.53. The summed E-state index contributed by atoms with van der Waals surface area (Å²) < 4.78 is 1.80. The standard InChI is InChI=1S/C18H18ClN5S/c1-2-5-17-22-23-18(25-13-14-7-9-15(19)10-8-14)24(17)21-12-16-6-3-4-11-20-16/h3-4,6-12H,2,5,13H2,1H3/b21-12-. The Hall–Kier alpha value is -2.18. The zero-order valence-electron chi connectivity index (χ0n) is 13.8. The Kier molecular flexibility index (Phi) is 6.19. The summed E-state index contributed by atoms with van der Waals surface area (Å²) in [5, 5.41) is 14.6. The highest BCUT2D eigenvalue weighted by molar-refractivity contribution is 7.98. The lowest BCUT2D eigenvalue weighted by Gasteiger charge is -2.04. The number of halogens is 1. The van der Waals surface area contributed by atoms with Crippen LogP contribution in [0.5, 0.6) is 0 Å². The van der Waals surface area contributed by atoms with Crippen molar-refractivity contribution in [2.75, 3.05) is 0 Å². The Balaban J connectivity index is 1.78. The van der Waals surface area contributed by atoms with E-state index in [9.17, 15) is 0 Å². The van der Waals surface area contributed by atoms with Gasteiger partial charge in [0.1, 0.15) is 0 Å². The van der Waals surface area contributed by atoms with Gasteiger partial charge in [0, 0.05) is 23.4 Å². The first-order valence-corrected chi connectivity index (χ1v) is 9.39. The van der Waals surface area contributed by atoms with Crippen LogP contribution >= 0.6 is 23.4 Å². The molecular formula is C18H18ClN5S. The van der Waals surface area contributed by atoms with Crippen molar-refractivity contribution in [2.45, 2.75) is 30.7 Å². The quantitative estimate of drug-likeness (QED) is 0.454. The van der Waals surface area contributed by atoms with Crippen molar-refractivity contribution >= 4 is 29.6 Å². The minimum absolute atomic E-state index is 0.738. The predicted octanol–water partition coefficient (Wildman–Crippen LogP) is 4.45. The smallest absolute Gasteiger partial charge is 0.212 e. The molecule has 0 N–H and O–H groups in total. The van der Waals surface area contributed by atoms with E-state index in [0.717, 1.165) is 40.3 Å². The monoisotopic (exact) mass is 371 g/mol. The van der Waals surface area contributed by atoms with Gasteiger partial charge in [0.15, 0.2) is 5.82 Å². The molecule has 2 aromatic heterocycles. The minimum atomic E-state index is 0.738. The molecule has 0 spiro atoms. The van der Waals surface area contributed by atoms with E-state index in [4.69, 9.17) is 11.6 Å². The first-order chi connectivity index (χ1) is 12.3. The number of aromatic nitrogens is 4. The zero-order chi connectivity index (χ0) is 17.5. The van der Waals surface area contributed by atoms with Crippen LogP contribution in [0, 0.1) is 0 Å². The van der Waals surface area contributed by atoms with E-state index in [2.05, 4.69) is 27.2 Å². The maximum absolute atomic E-state index is 5.93. The average molecular weight is 372 g/mol. The number of nitrogens with zero attached hydrogens (tertiary/aromatic N) is 5. The molecular weight excluding hydrogens is 354 g/mol. The lowest BCUT2D eigenvalue weighted by atomic mass is 10.2. The first kappa shape index (κ1) is 17.6. The number of aryl methyl sites for hydroxylation is 1. The SMILES string of the molecule is CCCc1nnc(SCc2ccc(Cl)cc2)n1/N=C\c1ccccn1. The van der Waals surface area contributed by atoms with Crippen LogP contribution in [0.15, 0.2) is 58.9 Å². The number of thioether (sulfide) groups is 1. The van der Waals surface area contributed by atoms with Crippen molar-refractivity contribution in [2.24, 2.45) is 5.10 Å². The van der Waals surface area contributed by atoms with E-state index in [0.29, 0.717) is 0 Å². The van der Waals surface area contributed by atoms with Gasteiger partial charge < -0.3 is 0 Å². The Bertz CT molecular complexity index is 830. The van der Waals surface area contributed by atoms with Gasteiger partial charge in [-0.05, 0) is 36.2 Å². The molecule has 0 saturated carbocycles. The fraction of sp³-hybridized carbons (Fsp3) is 0.222. The third-order valence-corrected chi connectivity index (χ3v) is 4.67. The molecule has 2 heterocycles. The molecule has 0 fully saturated rings. The predicted molar refractivity (Wildman–Crippen MR) is 102 cm³/mol. The van der Waals surface area contributed by atoms with Crippen molar-refractivity contribution < 1.29 is 0 Å². The van der Waals surface area contributed by atoms with Gasteiger partial charge >= 0.3 is 0 Å². The fourth-order valence-electron chi connectivity index (χ4n) is 2.18. The van der Waals surface area contributed by atoms with Gasteiger partial charge in [-0.3, -0.25) is 4.98 Å². The topological polar surface area (TPSA) is 56.0 Å². The highest BCUT2D eigenvalue weighted by Crippen LogP contribution is 2.23.